The molecule has 1 aliphatic carbocycles. The van der Waals surface area contributed by atoms with Crippen molar-refractivity contribution in [1.82, 2.24) is 0 Å². The van der Waals surface area contributed by atoms with Crippen molar-refractivity contribution in [2.45, 2.75) is 45.1 Å². The maximum atomic E-state index is 12.6. The van der Waals surface area contributed by atoms with Crippen LogP contribution in [-0.4, -0.2) is 12.0 Å². The molecule has 0 radical (unpaired) electrons. The number of aryl methyl sites for hydroxylation is 1. The Balaban J connectivity index is 1.73. The average Bonchev–Trinajstić information content (AvgIpc) is 2.61. The molecule has 3 nitrogen and oxygen atoms in total. The lowest BCUT2D eigenvalue weighted by atomic mass is 9.90. The first-order chi connectivity index (χ1) is 11.3. The summed E-state index contributed by atoms with van der Waals surface area (Å²) >= 11 is 0. The van der Waals surface area contributed by atoms with Crippen molar-refractivity contribution in [2.75, 3.05) is 5.32 Å². The highest BCUT2D eigenvalue weighted by Crippen LogP contribution is 2.28. The van der Waals surface area contributed by atoms with Gasteiger partial charge in [-0.3, -0.25) is 4.79 Å². The summed E-state index contributed by atoms with van der Waals surface area (Å²) in [6, 6.07) is 15.7. The molecule has 0 fully saturated rings. The Kier molecular flexibility index (Phi) is 4.96. The third-order valence-corrected chi connectivity index (χ3v) is 4.34. The smallest absolute Gasteiger partial charge is 0.265 e. The molecule has 0 aromatic heterocycles. The zero-order chi connectivity index (χ0) is 16.1. The van der Waals surface area contributed by atoms with E-state index in [1.807, 2.05) is 49.4 Å². The summed E-state index contributed by atoms with van der Waals surface area (Å²) in [5.41, 5.74) is 3.61. The molecule has 0 spiro atoms. The number of para-hydroxylation sites is 1. The number of benzene rings is 2. The minimum absolute atomic E-state index is 0.0738. The van der Waals surface area contributed by atoms with Crippen molar-refractivity contribution >= 4 is 11.6 Å². The minimum Gasteiger partial charge on any atom is -0.481 e. The number of amides is 1. The van der Waals surface area contributed by atoms with Crippen LogP contribution >= 0.6 is 0 Å². The van der Waals surface area contributed by atoms with E-state index in [0.29, 0.717) is 6.42 Å². The first-order valence-electron chi connectivity index (χ1n) is 8.41. The lowest BCUT2D eigenvalue weighted by Gasteiger charge is -2.22. The monoisotopic (exact) mass is 309 g/mol. The van der Waals surface area contributed by atoms with Crippen molar-refractivity contribution in [3.05, 3.63) is 59.7 Å². The van der Waals surface area contributed by atoms with E-state index in [9.17, 15) is 4.79 Å². The molecule has 1 amide bonds. The molecule has 0 saturated carbocycles. The largest absolute Gasteiger partial charge is 0.481 e. The first kappa shape index (κ1) is 15.6. The highest BCUT2D eigenvalue weighted by molar-refractivity contribution is 5.95. The minimum atomic E-state index is -0.475. The summed E-state index contributed by atoms with van der Waals surface area (Å²) in [7, 11) is 0. The summed E-state index contributed by atoms with van der Waals surface area (Å²) in [4.78, 5) is 12.6. The van der Waals surface area contributed by atoms with Gasteiger partial charge >= 0.3 is 0 Å². The number of anilines is 1. The van der Waals surface area contributed by atoms with Gasteiger partial charge in [-0.25, -0.2) is 0 Å². The number of hydrogen-bond donors (Lipinski definition) is 1. The summed E-state index contributed by atoms with van der Waals surface area (Å²) in [5.74, 6) is 0.653. The Morgan fingerprint density at radius 1 is 1.09 bits per heavy atom. The van der Waals surface area contributed by atoms with Crippen molar-refractivity contribution in [1.29, 1.82) is 0 Å². The van der Waals surface area contributed by atoms with Gasteiger partial charge in [0.05, 0.1) is 0 Å². The highest BCUT2D eigenvalue weighted by Gasteiger charge is 2.21. The van der Waals surface area contributed by atoms with Gasteiger partial charge in [-0.1, -0.05) is 37.3 Å². The predicted molar refractivity (Wildman–Crippen MR) is 92.9 cm³/mol. The van der Waals surface area contributed by atoms with Crippen molar-refractivity contribution in [2.24, 2.45) is 0 Å². The zero-order valence-corrected chi connectivity index (χ0v) is 13.5. The Labute approximate surface area is 137 Å². The number of ether oxygens (including phenoxy) is 1. The van der Waals surface area contributed by atoms with Crippen molar-refractivity contribution in [3.63, 3.8) is 0 Å². The molecule has 2 aromatic rings. The number of hydrogen-bond acceptors (Lipinski definition) is 2. The van der Waals surface area contributed by atoms with Crippen LogP contribution in [0.25, 0.3) is 0 Å². The Morgan fingerprint density at radius 2 is 1.87 bits per heavy atom. The summed E-state index contributed by atoms with van der Waals surface area (Å²) in [6.45, 7) is 1.97. The van der Waals surface area contributed by atoms with E-state index in [1.165, 1.54) is 24.0 Å². The fourth-order valence-corrected chi connectivity index (χ4v) is 3.10. The Bertz CT molecular complexity index is 667. The maximum absolute atomic E-state index is 12.6. The molecule has 1 atom stereocenters. The summed E-state index contributed by atoms with van der Waals surface area (Å²) < 4.78 is 5.83. The summed E-state index contributed by atoms with van der Waals surface area (Å²) in [6.07, 6.45) is 4.74. The van der Waals surface area contributed by atoms with Crippen LogP contribution in [0.4, 0.5) is 5.69 Å². The molecule has 0 saturated heterocycles. The Morgan fingerprint density at radius 3 is 2.65 bits per heavy atom. The van der Waals surface area contributed by atoms with Crippen LogP contribution in [0.3, 0.4) is 0 Å². The van der Waals surface area contributed by atoms with Gasteiger partial charge in [0.15, 0.2) is 6.10 Å². The molecule has 120 valence electrons. The lowest BCUT2D eigenvalue weighted by Crippen LogP contribution is -2.32. The molecule has 3 heteroatoms. The van der Waals surface area contributed by atoms with E-state index in [0.717, 1.165) is 24.3 Å². The standard InChI is InChI=1S/C20H23NO2/c1-2-19(23-16-11-4-3-5-12-16)20(22)21-18-14-8-10-15-9-6-7-13-17(15)18/h3-5,8,10-12,14,19H,2,6-7,9,13H2,1H3,(H,21,22)/t19-/m0/s1. The van der Waals surface area contributed by atoms with E-state index in [4.69, 9.17) is 4.74 Å². The van der Waals surface area contributed by atoms with E-state index in [-0.39, 0.29) is 5.91 Å². The van der Waals surface area contributed by atoms with Crippen LogP contribution in [0.15, 0.2) is 48.5 Å². The Hall–Kier alpha value is -2.29. The van der Waals surface area contributed by atoms with Crippen LogP contribution < -0.4 is 10.1 Å². The van der Waals surface area contributed by atoms with Gasteiger partial charge in [0.1, 0.15) is 5.75 Å². The quantitative estimate of drug-likeness (QED) is 0.891. The van der Waals surface area contributed by atoms with E-state index >= 15 is 0 Å². The number of fused-ring (bicyclic) bond motifs is 1. The predicted octanol–water partition coefficient (Wildman–Crippen LogP) is 4.36. The van der Waals surface area contributed by atoms with Crippen LogP contribution in [0.1, 0.15) is 37.3 Å². The molecule has 1 N–H and O–H groups in total. The molecule has 23 heavy (non-hydrogen) atoms. The lowest BCUT2D eigenvalue weighted by molar-refractivity contribution is -0.122. The number of carbonyl (C=O) groups excluding carboxylic acids is 1. The van der Waals surface area contributed by atoms with Crippen LogP contribution in [0, 0.1) is 0 Å². The number of carbonyl (C=O) groups is 1. The van der Waals surface area contributed by atoms with Crippen LogP contribution in [0.2, 0.25) is 0 Å². The third kappa shape index (κ3) is 3.73. The SMILES string of the molecule is CC[C@H](Oc1ccccc1)C(=O)Nc1cccc2c1CCCC2. The van der Waals surface area contributed by atoms with Crippen LogP contribution in [-0.2, 0) is 17.6 Å². The zero-order valence-electron chi connectivity index (χ0n) is 13.5. The maximum Gasteiger partial charge on any atom is 0.265 e. The second-order valence-electron chi connectivity index (χ2n) is 5.97. The van der Waals surface area contributed by atoms with Gasteiger partial charge < -0.3 is 10.1 Å². The van der Waals surface area contributed by atoms with Gasteiger partial charge in [0.25, 0.3) is 5.91 Å². The number of rotatable bonds is 5. The topological polar surface area (TPSA) is 38.3 Å². The van der Waals surface area contributed by atoms with Crippen molar-refractivity contribution in [3.8, 4) is 5.75 Å². The normalized spacial score (nSPS) is 14.7. The average molecular weight is 309 g/mol. The van der Waals surface area contributed by atoms with E-state index in [2.05, 4.69) is 11.4 Å². The number of nitrogens with one attached hydrogen (secondary N) is 1. The van der Waals surface area contributed by atoms with Crippen molar-refractivity contribution < 1.29 is 9.53 Å². The van der Waals surface area contributed by atoms with Gasteiger partial charge in [0.2, 0.25) is 0 Å². The molecule has 3 rings (SSSR count). The van der Waals surface area contributed by atoms with E-state index in [1.54, 1.807) is 0 Å². The van der Waals surface area contributed by atoms with Gasteiger partial charge in [-0.15, -0.1) is 0 Å². The van der Waals surface area contributed by atoms with Crippen LogP contribution in [0.5, 0.6) is 5.75 Å². The summed E-state index contributed by atoms with van der Waals surface area (Å²) in [5, 5.41) is 3.08. The molecule has 0 aliphatic heterocycles. The fourth-order valence-electron chi connectivity index (χ4n) is 3.10. The third-order valence-electron chi connectivity index (χ3n) is 4.34. The van der Waals surface area contributed by atoms with Gasteiger partial charge in [0, 0.05) is 5.69 Å². The molecule has 2 aromatic carbocycles. The van der Waals surface area contributed by atoms with E-state index < -0.39 is 6.10 Å². The molecular weight excluding hydrogens is 286 g/mol. The highest BCUT2D eigenvalue weighted by atomic mass is 16.5. The molecule has 0 unspecified atom stereocenters. The molecule has 1 aliphatic rings. The second-order valence-corrected chi connectivity index (χ2v) is 5.97. The van der Waals surface area contributed by atoms with Gasteiger partial charge in [-0.05, 0) is 61.4 Å². The molecule has 0 heterocycles. The fraction of sp³-hybridized carbons (Fsp3) is 0.350. The second kappa shape index (κ2) is 7.32. The molecular formula is C20H23NO2. The molecule has 0 bridgehead atoms. The van der Waals surface area contributed by atoms with Gasteiger partial charge in [-0.2, -0.15) is 0 Å². The first-order valence-corrected chi connectivity index (χ1v) is 8.41.